The normalized spacial score (nSPS) is 12.6. The van der Waals surface area contributed by atoms with Crippen molar-refractivity contribution in [3.8, 4) is 5.75 Å². The molecule has 0 saturated carbocycles. The van der Waals surface area contributed by atoms with Crippen LogP contribution in [0.2, 0.25) is 5.02 Å². The fraction of sp³-hybridized carbons (Fsp3) is 0.211. The van der Waals surface area contributed by atoms with Crippen LogP contribution in [0.5, 0.6) is 5.75 Å². The summed E-state index contributed by atoms with van der Waals surface area (Å²) in [6.07, 6.45) is 0. The molecule has 0 bridgehead atoms. The van der Waals surface area contributed by atoms with E-state index >= 15 is 0 Å². The van der Waals surface area contributed by atoms with Crippen LogP contribution in [0.4, 0.5) is 14.5 Å². The lowest BCUT2D eigenvalue weighted by atomic mass is 10.1. The Labute approximate surface area is 176 Å². The minimum atomic E-state index is -3.97. The van der Waals surface area contributed by atoms with Crippen LogP contribution in [0, 0.1) is 11.6 Å². The standard InChI is InChI=1S/C19H17ClF2N2O3S2/c1-11(14-5-13(27-2)3-4-16(14)21)24-18-7-17(22)19(6-15(18)20)29(25,26)9-12-8-28-10-23-12/h3-8,10-11,24H,9H2,1-2H3/t11-/m0/s1. The molecule has 0 aliphatic heterocycles. The number of methoxy groups -OCH3 is 1. The van der Waals surface area contributed by atoms with Gasteiger partial charge >= 0.3 is 0 Å². The summed E-state index contributed by atoms with van der Waals surface area (Å²) >= 11 is 7.44. The number of ether oxygens (including phenoxy) is 1. The maximum absolute atomic E-state index is 14.6. The van der Waals surface area contributed by atoms with Crippen molar-refractivity contribution >= 4 is 38.5 Å². The Morgan fingerprint density at radius 3 is 2.66 bits per heavy atom. The van der Waals surface area contributed by atoms with Gasteiger partial charge < -0.3 is 10.1 Å². The molecular formula is C19H17ClF2N2O3S2. The first-order valence-corrected chi connectivity index (χ1v) is 11.4. The third-order valence-electron chi connectivity index (χ3n) is 4.22. The van der Waals surface area contributed by atoms with Gasteiger partial charge in [0.25, 0.3) is 0 Å². The Morgan fingerprint density at radius 1 is 1.24 bits per heavy atom. The highest BCUT2D eigenvalue weighted by Crippen LogP contribution is 2.33. The minimum Gasteiger partial charge on any atom is -0.497 e. The van der Waals surface area contributed by atoms with E-state index in [4.69, 9.17) is 16.3 Å². The number of nitrogens with one attached hydrogen (secondary N) is 1. The molecule has 154 valence electrons. The lowest BCUT2D eigenvalue weighted by Crippen LogP contribution is -2.12. The molecule has 5 nitrogen and oxygen atoms in total. The van der Waals surface area contributed by atoms with Crippen molar-refractivity contribution < 1.29 is 21.9 Å². The zero-order chi connectivity index (χ0) is 21.2. The highest BCUT2D eigenvalue weighted by atomic mass is 35.5. The Hall–Kier alpha value is -2.23. The maximum atomic E-state index is 14.6. The second-order valence-corrected chi connectivity index (χ2v) is 9.34. The molecule has 3 aromatic rings. The fourth-order valence-electron chi connectivity index (χ4n) is 2.75. The first-order chi connectivity index (χ1) is 13.7. The van der Waals surface area contributed by atoms with E-state index in [1.807, 2.05) is 0 Å². The Morgan fingerprint density at radius 2 is 2.00 bits per heavy atom. The Kier molecular flexibility index (Phi) is 6.40. The molecular weight excluding hydrogens is 442 g/mol. The quantitative estimate of drug-likeness (QED) is 0.525. The number of hydrogen-bond donors (Lipinski definition) is 1. The molecule has 3 rings (SSSR count). The minimum absolute atomic E-state index is 0.00147. The van der Waals surface area contributed by atoms with Crippen molar-refractivity contribution in [1.29, 1.82) is 0 Å². The van der Waals surface area contributed by atoms with E-state index in [2.05, 4.69) is 10.3 Å². The topological polar surface area (TPSA) is 68.3 Å². The van der Waals surface area contributed by atoms with E-state index in [1.165, 1.54) is 42.2 Å². The van der Waals surface area contributed by atoms with Crippen LogP contribution in [0.3, 0.4) is 0 Å². The molecule has 0 aliphatic rings. The van der Waals surface area contributed by atoms with E-state index in [1.54, 1.807) is 12.3 Å². The molecule has 1 aromatic heterocycles. The second-order valence-electron chi connectivity index (χ2n) is 6.25. The number of aromatic nitrogens is 1. The molecule has 10 heteroatoms. The lowest BCUT2D eigenvalue weighted by Gasteiger charge is -2.19. The summed E-state index contributed by atoms with van der Waals surface area (Å²) in [5.74, 6) is -1.38. The third kappa shape index (κ3) is 4.85. The van der Waals surface area contributed by atoms with Crippen molar-refractivity contribution in [2.45, 2.75) is 23.6 Å². The van der Waals surface area contributed by atoms with E-state index in [0.717, 1.165) is 12.1 Å². The van der Waals surface area contributed by atoms with E-state index < -0.39 is 38.2 Å². The van der Waals surface area contributed by atoms with Crippen LogP contribution >= 0.6 is 22.9 Å². The highest BCUT2D eigenvalue weighted by molar-refractivity contribution is 7.90. The van der Waals surface area contributed by atoms with E-state index in [-0.39, 0.29) is 10.7 Å². The maximum Gasteiger partial charge on any atom is 0.187 e. The summed E-state index contributed by atoms with van der Waals surface area (Å²) in [7, 11) is -2.50. The first kappa shape index (κ1) is 21.5. The number of anilines is 1. The van der Waals surface area contributed by atoms with E-state index in [9.17, 15) is 17.2 Å². The number of sulfone groups is 1. The summed E-state index contributed by atoms with van der Waals surface area (Å²) in [6.45, 7) is 1.67. The average Bonchev–Trinajstić information content (AvgIpc) is 3.16. The predicted octanol–water partition coefficient (Wildman–Crippen LogP) is 5.23. The van der Waals surface area contributed by atoms with Gasteiger partial charge in [0.05, 0.1) is 40.8 Å². The van der Waals surface area contributed by atoms with Crippen molar-refractivity contribution in [1.82, 2.24) is 4.98 Å². The number of hydrogen-bond acceptors (Lipinski definition) is 6. The molecule has 0 fully saturated rings. The largest absolute Gasteiger partial charge is 0.497 e. The molecule has 0 saturated heterocycles. The van der Waals surface area contributed by atoms with Gasteiger partial charge in [-0.1, -0.05) is 11.6 Å². The van der Waals surface area contributed by atoms with Crippen molar-refractivity contribution in [2.75, 3.05) is 12.4 Å². The Balaban J connectivity index is 1.88. The first-order valence-electron chi connectivity index (χ1n) is 8.40. The van der Waals surface area contributed by atoms with Gasteiger partial charge in [-0.15, -0.1) is 11.3 Å². The summed E-state index contributed by atoms with van der Waals surface area (Å²) in [5, 5.41) is 4.49. The van der Waals surface area contributed by atoms with Crippen LogP contribution < -0.4 is 10.1 Å². The van der Waals surface area contributed by atoms with Gasteiger partial charge in [0.15, 0.2) is 9.84 Å². The molecule has 29 heavy (non-hydrogen) atoms. The van der Waals surface area contributed by atoms with Gasteiger partial charge in [-0.3, -0.25) is 0 Å². The van der Waals surface area contributed by atoms with Crippen LogP contribution in [0.1, 0.15) is 24.2 Å². The molecule has 0 spiro atoms. The van der Waals surface area contributed by atoms with Gasteiger partial charge in [-0.25, -0.2) is 22.2 Å². The van der Waals surface area contributed by atoms with Crippen LogP contribution in [-0.4, -0.2) is 20.5 Å². The molecule has 1 N–H and O–H groups in total. The predicted molar refractivity (Wildman–Crippen MR) is 109 cm³/mol. The molecule has 0 radical (unpaired) electrons. The molecule has 1 atom stereocenters. The number of nitrogens with zero attached hydrogens (tertiary/aromatic N) is 1. The zero-order valence-corrected chi connectivity index (χ0v) is 17.8. The summed E-state index contributed by atoms with van der Waals surface area (Å²) in [5.41, 5.74) is 2.27. The van der Waals surface area contributed by atoms with Crippen LogP contribution in [0.25, 0.3) is 0 Å². The number of thiazole rings is 1. The average molecular weight is 459 g/mol. The molecule has 0 aliphatic carbocycles. The lowest BCUT2D eigenvalue weighted by molar-refractivity contribution is 0.412. The SMILES string of the molecule is COc1ccc(F)c([C@H](C)Nc2cc(F)c(S(=O)(=O)Cc3cscn3)cc2Cl)c1. The van der Waals surface area contributed by atoms with E-state index in [0.29, 0.717) is 17.0 Å². The van der Waals surface area contributed by atoms with Gasteiger partial charge in [-0.2, -0.15) is 0 Å². The smallest absolute Gasteiger partial charge is 0.187 e. The fourth-order valence-corrected chi connectivity index (χ4v) is 5.05. The number of rotatable bonds is 7. The molecule has 2 aromatic carbocycles. The van der Waals surface area contributed by atoms with Gasteiger partial charge in [0.1, 0.15) is 22.3 Å². The van der Waals surface area contributed by atoms with Gasteiger partial charge in [-0.05, 0) is 37.3 Å². The second kappa shape index (κ2) is 8.64. The summed E-state index contributed by atoms with van der Waals surface area (Å²) in [4.78, 5) is 3.40. The monoisotopic (exact) mass is 458 g/mol. The van der Waals surface area contributed by atoms with Gasteiger partial charge in [0, 0.05) is 10.9 Å². The molecule has 1 heterocycles. The van der Waals surface area contributed by atoms with Crippen LogP contribution in [0.15, 0.2) is 46.1 Å². The van der Waals surface area contributed by atoms with Crippen LogP contribution in [-0.2, 0) is 15.6 Å². The van der Waals surface area contributed by atoms with Crippen molar-refractivity contribution in [2.24, 2.45) is 0 Å². The number of halogens is 3. The number of benzene rings is 2. The summed E-state index contributed by atoms with van der Waals surface area (Å²) in [6, 6.07) is 5.73. The van der Waals surface area contributed by atoms with Crippen molar-refractivity contribution in [3.63, 3.8) is 0 Å². The zero-order valence-electron chi connectivity index (χ0n) is 15.4. The third-order valence-corrected chi connectivity index (χ3v) is 6.83. The molecule has 0 amide bonds. The highest BCUT2D eigenvalue weighted by Gasteiger charge is 2.23. The Bertz CT molecular complexity index is 1120. The molecule has 0 unspecified atom stereocenters. The van der Waals surface area contributed by atoms with Gasteiger partial charge in [0.2, 0.25) is 0 Å². The van der Waals surface area contributed by atoms with Crippen molar-refractivity contribution in [3.05, 3.63) is 69.1 Å². The summed E-state index contributed by atoms with van der Waals surface area (Å²) < 4.78 is 58.9.